The first kappa shape index (κ1) is 70.2. The number of nitrogens with one attached hydrogen (secondary N) is 1. The summed E-state index contributed by atoms with van der Waals surface area (Å²) in [5, 5.41) is -13.6. The highest BCUT2D eigenvalue weighted by atomic mass is 32.3. The van der Waals surface area contributed by atoms with Gasteiger partial charge in [-0.05, 0) is 63.9 Å². The van der Waals surface area contributed by atoms with Crippen LogP contribution in [0.1, 0.15) is 60.3 Å². The lowest BCUT2D eigenvalue weighted by Gasteiger charge is -2.34. The molecule has 39 heteroatoms. The first-order valence-corrected chi connectivity index (χ1v) is 31.5. The van der Waals surface area contributed by atoms with Gasteiger partial charge >= 0.3 is 46.6 Å². The van der Waals surface area contributed by atoms with E-state index >= 15 is 34.8 Å². The van der Waals surface area contributed by atoms with Crippen LogP contribution in [0.15, 0.2) is 68.8 Å². The van der Waals surface area contributed by atoms with E-state index in [-0.39, 0.29) is 55.7 Å². The van der Waals surface area contributed by atoms with Crippen molar-refractivity contribution in [2.45, 2.75) is 124 Å². The number of halogens is 18. The van der Waals surface area contributed by atoms with E-state index in [1.54, 1.807) is 25.3 Å². The Morgan fingerprint density at radius 3 is 1.40 bits per heavy atom. The van der Waals surface area contributed by atoms with E-state index in [0.29, 0.717) is 0 Å². The summed E-state index contributed by atoms with van der Waals surface area (Å²) in [5.41, 5.74) is -3.09. The minimum Gasteiger partial charge on any atom is -0.456 e. The molecule has 4 atom stereocenters. The summed E-state index contributed by atoms with van der Waals surface area (Å²) in [4.78, 5) is -5.03. The molecule has 1 heterocycles. The third kappa shape index (κ3) is 12.0. The summed E-state index contributed by atoms with van der Waals surface area (Å²) >= 11 is -9.69. The van der Waals surface area contributed by atoms with E-state index in [9.17, 15) is 86.4 Å². The number of benzene rings is 3. The standard InChI is InChI=1S/C43H44F18N2O13S6/c1-6-11-19-74-77(64)34(81(70,71)42(58,59)38(48,49)36(44,45)40(52,53)54)79(66,67)26-15-18-29(33-27-16-13-24(62-8-3)21-30(27)76-31-22-25(14-17-28(31)33)63(9-4)10-5)32(23-26)80(68,69)35(78(65)75-20-12-7-2)82(72,73)43(60,61)39(50,51)37(46,47)41(55,56)57/h13-18,21-23,34-35H,6-12,19-20H2,1-5H3/p+1. The first-order valence-electron chi connectivity index (χ1n) is 23.1. The van der Waals surface area contributed by atoms with E-state index in [1.807, 2.05) is 0 Å². The molecule has 82 heavy (non-hydrogen) atoms. The first-order chi connectivity index (χ1) is 37.2. The van der Waals surface area contributed by atoms with Crippen LogP contribution in [0.25, 0.3) is 33.4 Å². The Balaban J connectivity index is 2.43. The predicted octanol–water partition coefficient (Wildman–Crippen LogP) is 10.2. The molecular weight excluding hydrogens is 1290 g/mol. The molecule has 2 aliphatic rings. The molecule has 0 bridgehead atoms. The van der Waals surface area contributed by atoms with Crippen molar-refractivity contribution in [3.8, 4) is 22.5 Å². The summed E-state index contributed by atoms with van der Waals surface area (Å²) in [5.74, 6) is -33.4. The molecular formula is C43H45F18N2O13S6+. The number of rotatable bonds is 27. The largest absolute Gasteiger partial charge is 0.460 e. The van der Waals surface area contributed by atoms with Gasteiger partial charge in [0.15, 0.2) is 22.2 Å². The lowest BCUT2D eigenvalue weighted by molar-refractivity contribution is -0.382. The minimum absolute atomic E-state index is 0.0192. The number of nitrogens with zero attached hydrogens (tertiary/aromatic N) is 1. The van der Waals surface area contributed by atoms with Gasteiger partial charge in [0.2, 0.25) is 25.0 Å². The van der Waals surface area contributed by atoms with Gasteiger partial charge in [-0.25, -0.2) is 46.7 Å². The molecule has 0 amide bonds. The highest BCUT2D eigenvalue weighted by Crippen LogP contribution is 2.58. The topological polar surface area (TPSA) is 217 Å². The lowest BCUT2D eigenvalue weighted by atomic mass is 9.93. The molecule has 1 N–H and O–H groups in total. The van der Waals surface area contributed by atoms with Crippen LogP contribution in [0, 0.1) is 0 Å². The Morgan fingerprint density at radius 1 is 0.549 bits per heavy atom. The average molecular weight is 1330 g/mol. The molecule has 466 valence electrons. The molecule has 4 rings (SSSR count). The minimum atomic E-state index is -8.70. The molecule has 1 aliphatic carbocycles. The molecule has 0 saturated carbocycles. The van der Waals surface area contributed by atoms with Gasteiger partial charge in [0.05, 0.1) is 29.1 Å². The average Bonchev–Trinajstić information content (AvgIpc) is 1.33. The lowest BCUT2D eigenvalue weighted by Crippen LogP contribution is -2.65. The molecule has 1 aliphatic heterocycles. The van der Waals surface area contributed by atoms with Gasteiger partial charge in [-0.1, -0.05) is 32.8 Å². The fourth-order valence-corrected chi connectivity index (χ4v) is 20.8. The van der Waals surface area contributed by atoms with Crippen molar-refractivity contribution in [1.29, 1.82) is 0 Å². The smallest absolute Gasteiger partial charge is 0.456 e. The zero-order chi connectivity index (χ0) is 63.2. The highest BCUT2D eigenvalue weighted by molar-refractivity contribution is 8.22. The predicted molar refractivity (Wildman–Crippen MR) is 258 cm³/mol. The molecule has 15 nitrogen and oxygen atoms in total. The summed E-state index contributed by atoms with van der Waals surface area (Å²) in [6.07, 6.45) is -17.1. The Morgan fingerprint density at radius 2 is 0.988 bits per heavy atom. The van der Waals surface area contributed by atoms with E-state index in [1.165, 1.54) is 26.0 Å². The second-order valence-corrected chi connectivity index (χ2v) is 29.6. The summed E-state index contributed by atoms with van der Waals surface area (Å²) in [6.45, 7) is 5.34. The monoisotopic (exact) mass is 1330 g/mol. The van der Waals surface area contributed by atoms with Gasteiger partial charge in [0.1, 0.15) is 24.4 Å². The van der Waals surface area contributed by atoms with Crippen molar-refractivity contribution in [2.24, 2.45) is 0 Å². The van der Waals surface area contributed by atoms with Crippen LogP contribution in [0.2, 0.25) is 0 Å². The molecule has 0 radical (unpaired) electrons. The van der Waals surface area contributed by atoms with E-state index in [2.05, 4.69) is 13.7 Å². The third-order valence-corrected chi connectivity index (χ3v) is 27.0. The van der Waals surface area contributed by atoms with E-state index in [4.69, 9.17) is 4.42 Å². The molecule has 0 saturated heterocycles. The van der Waals surface area contributed by atoms with Crippen LogP contribution in [0.3, 0.4) is 0 Å². The molecule has 0 spiro atoms. The molecule has 0 fully saturated rings. The quantitative estimate of drug-likeness (QED) is 0.0254. The van der Waals surface area contributed by atoms with Crippen molar-refractivity contribution >= 4 is 78.2 Å². The van der Waals surface area contributed by atoms with Gasteiger partial charge in [-0.15, -0.1) is 0 Å². The molecule has 4 unspecified atom stereocenters. The Labute approximate surface area is 459 Å². The van der Waals surface area contributed by atoms with Crippen molar-refractivity contribution < 1.29 is 134 Å². The van der Waals surface area contributed by atoms with Crippen molar-refractivity contribution in [3.05, 3.63) is 60.0 Å². The molecule has 2 aromatic carbocycles. The Kier molecular flexibility index (Phi) is 20.7. The maximum Gasteiger partial charge on any atom is 0.460 e. The van der Waals surface area contributed by atoms with E-state index < -0.39 is 191 Å². The van der Waals surface area contributed by atoms with Crippen LogP contribution in [-0.2, 0) is 69.9 Å². The number of sulfone groups is 4. The van der Waals surface area contributed by atoms with Crippen LogP contribution < -0.4 is 15.2 Å². The number of anilines is 1. The second-order valence-electron chi connectivity index (χ2n) is 17.2. The maximum absolute atomic E-state index is 16.0. The third-order valence-electron chi connectivity index (χ3n) is 11.7. The maximum atomic E-state index is 16.0. The van der Waals surface area contributed by atoms with Crippen LogP contribution in [0.4, 0.5) is 84.7 Å². The number of hydrogen-bond acceptors (Lipinski definition) is 14. The normalized spacial score (nSPS) is 15.8. The van der Waals surface area contributed by atoms with Crippen molar-refractivity contribution in [3.63, 3.8) is 0 Å². The van der Waals surface area contributed by atoms with Gasteiger partial charge in [-0.2, -0.15) is 79.0 Å². The zero-order valence-electron chi connectivity index (χ0n) is 42.2. The number of fused-ring (bicyclic) bond motifs is 2. The van der Waals surface area contributed by atoms with Gasteiger partial charge in [-0.3, -0.25) is 8.37 Å². The SMILES string of the molecule is CCCCOS(=O)C(S(=O)(=O)c1ccc(-c2c3ccc(=[N+](CC)CC)cc-3oc3cc(NCC)ccc23)c(S(=O)(=O)C(S(=O)OCCCC)S(=O)(=O)C(F)(F)C(F)(F)C(F)(F)C(F)(F)F)c1)S(=O)(=O)C(F)(F)C(F)(F)C(F)(F)C(F)(F)F. The van der Waals surface area contributed by atoms with Gasteiger partial charge in [0.25, 0.3) is 27.5 Å². The van der Waals surface area contributed by atoms with Crippen molar-refractivity contribution in [1.82, 2.24) is 4.58 Å². The second kappa shape index (κ2) is 24.2. The van der Waals surface area contributed by atoms with Crippen LogP contribution in [0.5, 0.6) is 0 Å². The highest BCUT2D eigenvalue weighted by Gasteiger charge is 2.88. The number of unbranched alkanes of at least 4 members (excludes halogenated alkanes) is 2. The van der Waals surface area contributed by atoms with Crippen LogP contribution in [-0.4, -0.2) is 129 Å². The summed E-state index contributed by atoms with van der Waals surface area (Å²) in [6, 6.07) is 5.73. The van der Waals surface area contributed by atoms with Crippen LogP contribution >= 0.6 is 0 Å². The number of alkyl halides is 18. The Bertz CT molecular complexity index is 3570. The van der Waals surface area contributed by atoms with Gasteiger partial charge in [0, 0.05) is 46.4 Å². The van der Waals surface area contributed by atoms with E-state index in [0.717, 1.165) is 24.3 Å². The zero-order valence-corrected chi connectivity index (χ0v) is 47.1. The number of hydrogen-bond donors (Lipinski definition) is 1. The molecule has 0 aromatic heterocycles. The van der Waals surface area contributed by atoms with Crippen molar-refractivity contribution in [2.75, 3.05) is 38.2 Å². The molecule has 2 aromatic rings. The fraction of sp³-hybridized carbons (Fsp3) is 0.558. The summed E-state index contributed by atoms with van der Waals surface area (Å²) in [7, 11) is -32.3. The fourth-order valence-electron chi connectivity index (χ4n) is 7.35. The Hall–Kier alpha value is -4.31. The summed E-state index contributed by atoms with van der Waals surface area (Å²) < 4.78 is 409. The van der Waals surface area contributed by atoms with Gasteiger partial charge < -0.3 is 9.73 Å².